The maximum Gasteiger partial charge on any atom is 0.224 e. The van der Waals surface area contributed by atoms with Crippen molar-refractivity contribution < 1.29 is 5.11 Å². The molecule has 0 saturated heterocycles. The molecule has 0 aliphatic rings. The average molecular weight is 318 g/mol. The standard InChI is InChI=1S/C11H20BrN5O/c1-11(18,7-17(3)4)6-15-9-8(12)5-14-10(13-2)16-9/h5,18H,6-7H2,1-4H3,(H2,13,14,15,16). The third-order valence-corrected chi connectivity index (χ3v) is 2.84. The van der Waals surface area contributed by atoms with Crippen LogP contribution in [0.2, 0.25) is 0 Å². The number of aliphatic hydroxyl groups is 1. The number of likely N-dealkylation sites (N-methyl/N-ethyl adjacent to an activating group) is 1. The minimum absolute atomic E-state index is 0.407. The summed E-state index contributed by atoms with van der Waals surface area (Å²) < 4.78 is 0.766. The lowest BCUT2D eigenvalue weighted by molar-refractivity contribution is 0.0459. The van der Waals surface area contributed by atoms with E-state index >= 15 is 0 Å². The van der Waals surface area contributed by atoms with E-state index in [1.54, 1.807) is 20.2 Å². The first-order valence-electron chi connectivity index (χ1n) is 5.65. The summed E-state index contributed by atoms with van der Waals surface area (Å²) in [4.78, 5) is 10.3. The quantitative estimate of drug-likeness (QED) is 0.727. The van der Waals surface area contributed by atoms with Crippen molar-refractivity contribution in [3.05, 3.63) is 10.7 Å². The average Bonchev–Trinajstić information content (AvgIpc) is 2.26. The van der Waals surface area contributed by atoms with E-state index in [1.807, 2.05) is 19.0 Å². The van der Waals surface area contributed by atoms with Crippen molar-refractivity contribution in [3.63, 3.8) is 0 Å². The lowest BCUT2D eigenvalue weighted by atomic mass is 10.1. The van der Waals surface area contributed by atoms with E-state index in [9.17, 15) is 5.11 Å². The van der Waals surface area contributed by atoms with Gasteiger partial charge in [-0.3, -0.25) is 0 Å². The van der Waals surface area contributed by atoms with E-state index in [0.29, 0.717) is 24.9 Å². The van der Waals surface area contributed by atoms with E-state index < -0.39 is 5.60 Å². The first-order valence-corrected chi connectivity index (χ1v) is 6.44. The Bertz CT molecular complexity index is 397. The van der Waals surface area contributed by atoms with Gasteiger partial charge in [0.25, 0.3) is 0 Å². The van der Waals surface area contributed by atoms with Crippen molar-refractivity contribution in [3.8, 4) is 0 Å². The van der Waals surface area contributed by atoms with E-state index in [2.05, 4.69) is 36.5 Å². The number of nitrogens with zero attached hydrogens (tertiary/aromatic N) is 3. The highest BCUT2D eigenvalue weighted by Gasteiger charge is 2.21. The first-order chi connectivity index (χ1) is 8.34. The summed E-state index contributed by atoms with van der Waals surface area (Å²) in [7, 11) is 5.61. The zero-order valence-electron chi connectivity index (χ0n) is 11.2. The molecule has 1 unspecified atom stereocenters. The van der Waals surface area contributed by atoms with Gasteiger partial charge in [0, 0.05) is 26.3 Å². The number of nitrogens with one attached hydrogen (secondary N) is 2. The summed E-state index contributed by atoms with van der Waals surface area (Å²) in [6.45, 7) is 2.76. The molecule has 0 spiro atoms. The lowest BCUT2D eigenvalue weighted by Crippen LogP contribution is -2.43. The van der Waals surface area contributed by atoms with Gasteiger partial charge in [-0.2, -0.15) is 4.98 Å². The van der Waals surface area contributed by atoms with Gasteiger partial charge in [0.1, 0.15) is 5.82 Å². The fourth-order valence-electron chi connectivity index (χ4n) is 1.62. The van der Waals surface area contributed by atoms with Gasteiger partial charge in [-0.15, -0.1) is 0 Å². The highest BCUT2D eigenvalue weighted by molar-refractivity contribution is 9.10. The molecular formula is C11H20BrN5O. The SMILES string of the molecule is CNc1ncc(Br)c(NCC(C)(O)CN(C)C)n1. The zero-order valence-corrected chi connectivity index (χ0v) is 12.7. The molecule has 0 aliphatic heterocycles. The second kappa shape index (κ2) is 6.31. The molecule has 3 N–H and O–H groups in total. The molecular weight excluding hydrogens is 298 g/mol. The van der Waals surface area contributed by atoms with Gasteiger partial charge in [-0.25, -0.2) is 4.98 Å². The van der Waals surface area contributed by atoms with E-state index in [0.717, 1.165) is 4.47 Å². The molecule has 1 heterocycles. The maximum absolute atomic E-state index is 10.2. The van der Waals surface area contributed by atoms with Crippen molar-refractivity contribution >= 4 is 27.7 Å². The smallest absolute Gasteiger partial charge is 0.224 e. The molecule has 0 bridgehead atoms. The molecule has 1 aromatic heterocycles. The summed E-state index contributed by atoms with van der Waals surface area (Å²) in [5, 5.41) is 16.2. The molecule has 0 aromatic carbocycles. The Morgan fingerprint density at radius 3 is 2.72 bits per heavy atom. The summed E-state index contributed by atoms with van der Waals surface area (Å²) in [6.07, 6.45) is 1.67. The van der Waals surface area contributed by atoms with Crippen molar-refractivity contribution in [1.29, 1.82) is 0 Å². The molecule has 7 heteroatoms. The number of halogens is 1. The van der Waals surface area contributed by atoms with Crippen LogP contribution in [0.1, 0.15) is 6.92 Å². The normalized spacial score (nSPS) is 14.4. The van der Waals surface area contributed by atoms with Gasteiger partial charge in [0.15, 0.2) is 0 Å². The number of aromatic nitrogens is 2. The van der Waals surface area contributed by atoms with Crippen LogP contribution < -0.4 is 10.6 Å². The highest BCUT2D eigenvalue weighted by Crippen LogP contribution is 2.20. The van der Waals surface area contributed by atoms with Crippen LogP contribution in [0.15, 0.2) is 10.7 Å². The molecule has 1 atom stereocenters. The minimum atomic E-state index is -0.826. The summed E-state index contributed by atoms with van der Waals surface area (Å²) in [5.41, 5.74) is -0.826. The van der Waals surface area contributed by atoms with E-state index in [4.69, 9.17) is 0 Å². The third kappa shape index (κ3) is 4.75. The van der Waals surface area contributed by atoms with Crippen LogP contribution in [0.5, 0.6) is 0 Å². The van der Waals surface area contributed by atoms with Gasteiger partial charge in [0.05, 0.1) is 10.1 Å². The predicted molar refractivity (Wildman–Crippen MR) is 76.9 cm³/mol. The molecule has 0 radical (unpaired) electrons. The molecule has 1 aromatic rings. The first kappa shape index (κ1) is 15.1. The van der Waals surface area contributed by atoms with Gasteiger partial charge >= 0.3 is 0 Å². The Morgan fingerprint density at radius 1 is 1.50 bits per heavy atom. The number of hydrogen-bond donors (Lipinski definition) is 3. The van der Waals surface area contributed by atoms with Crippen LogP contribution in [-0.4, -0.2) is 59.8 Å². The molecule has 6 nitrogen and oxygen atoms in total. The molecule has 1 rings (SSSR count). The fourth-order valence-corrected chi connectivity index (χ4v) is 1.95. The Morgan fingerprint density at radius 2 is 2.17 bits per heavy atom. The fraction of sp³-hybridized carbons (Fsp3) is 0.636. The van der Waals surface area contributed by atoms with Crippen LogP contribution >= 0.6 is 15.9 Å². The number of anilines is 2. The molecule has 102 valence electrons. The number of hydrogen-bond acceptors (Lipinski definition) is 6. The van der Waals surface area contributed by atoms with Crippen molar-refractivity contribution in [2.45, 2.75) is 12.5 Å². The number of rotatable bonds is 6. The topological polar surface area (TPSA) is 73.3 Å². The second-order valence-corrected chi connectivity index (χ2v) is 5.58. The molecule has 0 amide bonds. The Kier molecular flexibility index (Phi) is 5.30. The minimum Gasteiger partial charge on any atom is -0.387 e. The lowest BCUT2D eigenvalue weighted by Gasteiger charge is -2.27. The zero-order chi connectivity index (χ0) is 13.8. The van der Waals surface area contributed by atoms with Crippen LogP contribution in [0.3, 0.4) is 0 Å². The molecule has 0 saturated carbocycles. The largest absolute Gasteiger partial charge is 0.387 e. The van der Waals surface area contributed by atoms with Crippen molar-refractivity contribution in [1.82, 2.24) is 14.9 Å². The van der Waals surface area contributed by atoms with Crippen LogP contribution in [0, 0.1) is 0 Å². The van der Waals surface area contributed by atoms with Gasteiger partial charge in [-0.1, -0.05) is 0 Å². The van der Waals surface area contributed by atoms with Crippen LogP contribution in [0.4, 0.5) is 11.8 Å². The summed E-state index contributed by atoms with van der Waals surface area (Å²) in [5.74, 6) is 1.20. The Labute approximate surface area is 116 Å². The Hall–Kier alpha value is -0.920. The molecule has 0 aliphatic carbocycles. The van der Waals surface area contributed by atoms with Crippen LogP contribution in [0.25, 0.3) is 0 Å². The monoisotopic (exact) mass is 317 g/mol. The Balaban J connectivity index is 2.67. The van der Waals surface area contributed by atoms with Crippen LogP contribution in [-0.2, 0) is 0 Å². The maximum atomic E-state index is 10.2. The van der Waals surface area contributed by atoms with E-state index in [1.165, 1.54) is 0 Å². The van der Waals surface area contributed by atoms with Gasteiger partial charge < -0.3 is 20.6 Å². The highest BCUT2D eigenvalue weighted by atomic mass is 79.9. The molecule has 18 heavy (non-hydrogen) atoms. The third-order valence-electron chi connectivity index (χ3n) is 2.26. The molecule has 0 fully saturated rings. The van der Waals surface area contributed by atoms with Crippen molar-refractivity contribution in [2.75, 3.05) is 44.9 Å². The predicted octanol–water partition coefficient (Wildman–Crippen LogP) is 1.01. The second-order valence-electron chi connectivity index (χ2n) is 4.73. The van der Waals surface area contributed by atoms with E-state index in [-0.39, 0.29) is 0 Å². The van der Waals surface area contributed by atoms with Crippen molar-refractivity contribution in [2.24, 2.45) is 0 Å². The summed E-state index contributed by atoms with van der Waals surface area (Å²) >= 11 is 3.37. The van der Waals surface area contributed by atoms with Gasteiger partial charge in [0.2, 0.25) is 5.95 Å². The summed E-state index contributed by atoms with van der Waals surface area (Å²) in [6, 6.07) is 0. The van der Waals surface area contributed by atoms with Gasteiger partial charge in [-0.05, 0) is 36.9 Å².